The molecular formula is C11H22N2O. The van der Waals surface area contributed by atoms with Crippen molar-refractivity contribution in [2.45, 2.75) is 39.7 Å². The van der Waals surface area contributed by atoms with Gasteiger partial charge >= 0.3 is 0 Å². The maximum atomic E-state index is 11.7. The van der Waals surface area contributed by atoms with Gasteiger partial charge in [0.1, 0.15) is 0 Å². The second-order valence-corrected chi connectivity index (χ2v) is 4.72. The Kier molecular flexibility index (Phi) is 4.39. The zero-order chi connectivity index (χ0) is 10.6. The summed E-state index contributed by atoms with van der Waals surface area (Å²) < 4.78 is 0. The van der Waals surface area contributed by atoms with E-state index in [-0.39, 0.29) is 11.8 Å². The van der Waals surface area contributed by atoms with Crippen molar-refractivity contribution < 1.29 is 4.79 Å². The average molecular weight is 198 g/mol. The minimum absolute atomic E-state index is 0.227. The lowest BCUT2D eigenvalue weighted by molar-refractivity contribution is -0.126. The van der Waals surface area contributed by atoms with Gasteiger partial charge in [-0.15, -0.1) is 0 Å². The third-order valence-corrected chi connectivity index (χ3v) is 2.68. The lowest BCUT2D eigenvalue weighted by Gasteiger charge is -2.27. The van der Waals surface area contributed by atoms with Crippen LogP contribution in [0.25, 0.3) is 0 Å². The summed E-state index contributed by atoms with van der Waals surface area (Å²) in [7, 11) is 0. The van der Waals surface area contributed by atoms with Crippen molar-refractivity contribution >= 4 is 5.91 Å². The molecule has 1 heterocycles. The molecule has 1 aliphatic heterocycles. The molecule has 3 heteroatoms. The average Bonchev–Trinajstić information content (AvgIpc) is 2.14. The molecule has 0 radical (unpaired) electrons. The van der Waals surface area contributed by atoms with E-state index in [1.54, 1.807) is 0 Å². The van der Waals surface area contributed by atoms with E-state index < -0.39 is 0 Å². The third-order valence-electron chi connectivity index (χ3n) is 2.68. The van der Waals surface area contributed by atoms with E-state index in [1.807, 2.05) is 0 Å². The molecule has 14 heavy (non-hydrogen) atoms. The Morgan fingerprint density at radius 3 is 2.86 bits per heavy atom. The van der Waals surface area contributed by atoms with Crippen molar-refractivity contribution in [3.8, 4) is 0 Å². The van der Waals surface area contributed by atoms with Crippen LogP contribution in [0.5, 0.6) is 0 Å². The molecule has 0 aliphatic carbocycles. The molecule has 0 aromatic rings. The van der Waals surface area contributed by atoms with Gasteiger partial charge in [0.2, 0.25) is 5.91 Å². The summed E-state index contributed by atoms with van der Waals surface area (Å²) in [6, 6.07) is 0.485. The molecular weight excluding hydrogens is 176 g/mol. The van der Waals surface area contributed by atoms with E-state index >= 15 is 0 Å². The molecule has 1 rings (SSSR count). The largest absolute Gasteiger partial charge is 0.356 e. The fraction of sp³-hybridized carbons (Fsp3) is 0.909. The number of hydrogen-bond acceptors (Lipinski definition) is 2. The SMILES string of the molecule is CC(C)CNC(=O)[C@H]1CCN[C@@H](C)C1. The first-order valence-corrected chi connectivity index (χ1v) is 5.60. The molecule has 0 unspecified atom stereocenters. The molecule has 1 aliphatic rings. The highest BCUT2D eigenvalue weighted by atomic mass is 16.1. The highest BCUT2D eigenvalue weighted by molar-refractivity contribution is 5.78. The van der Waals surface area contributed by atoms with Gasteiger partial charge in [-0.2, -0.15) is 0 Å². The molecule has 0 aromatic carbocycles. The molecule has 0 aromatic heterocycles. The molecule has 1 saturated heterocycles. The molecule has 1 amide bonds. The summed E-state index contributed by atoms with van der Waals surface area (Å²) in [5.41, 5.74) is 0. The summed E-state index contributed by atoms with van der Waals surface area (Å²) in [6.07, 6.45) is 1.96. The summed E-state index contributed by atoms with van der Waals surface area (Å²) in [4.78, 5) is 11.7. The van der Waals surface area contributed by atoms with Crippen LogP contribution in [0.3, 0.4) is 0 Å². The molecule has 1 fully saturated rings. The van der Waals surface area contributed by atoms with Crippen LogP contribution in [0.15, 0.2) is 0 Å². The second-order valence-electron chi connectivity index (χ2n) is 4.72. The van der Waals surface area contributed by atoms with E-state index in [2.05, 4.69) is 31.4 Å². The van der Waals surface area contributed by atoms with Gasteiger partial charge in [-0.25, -0.2) is 0 Å². The first-order chi connectivity index (χ1) is 6.59. The van der Waals surface area contributed by atoms with Gasteiger partial charge in [0.25, 0.3) is 0 Å². The predicted molar refractivity (Wildman–Crippen MR) is 58.0 cm³/mol. The van der Waals surface area contributed by atoms with Crippen LogP contribution in [0.2, 0.25) is 0 Å². The van der Waals surface area contributed by atoms with Crippen LogP contribution in [-0.4, -0.2) is 25.0 Å². The number of piperidine rings is 1. The standard InChI is InChI=1S/C11H22N2O/c1-8(2)7-13-11(14)10-4-5-12-9(3)6-10/h8-10,12H,4-7H2,1-3H3,(H,13,14)/t9-,10-/m0/s1. The summed E-state index contributed by atoms with van der Waals surface area (Å²) in [5, 5.41) is 6.36. The van der Waals surface area contributed by atoms with Crippen molar-refractivity contribution in [2.75, 3.05) is 13.1 Å². The van der Waals surface area contributed by atoms with Crippen LogP contribution in [0.1, 0.15) is 33.6 Å². The van der Waals surface area contributed by atoms with Crippen molar-refractivity contribution in [3.63, 3.8) is 0 Å². The summed E-state index contributed by atoms with van der Waals surface area (Å²) in [6.45, 7) is 8.15. The number of amides is 1. The zero-order valence-corrected chi connectivity index (χ0v) is 9.47. The van der Waals surface area contributed by atoms with Crippen LogP contribution in [0, 0.1) is 11.8 Å². The van der Waals surface area contributed by atoms with Gasteiger partial charge in [0, 0.05) is 18.5 Å². The van der Waals surface area contributed by atoms with Crippen LogP contribution in [0.4, 0.5) is 0 Å². The Balaban J connectivity index is 2.29. The molecule has 2 N–H and O–H groups in total. The van der Waals surface area contributed by atoms with E-state index in [0.29, 0.717) is 12.0 Å². The number of carbonyl (C=O) groups is 1. The van der Waals surface area contributed by atoms with E-state index in [0.717, 1.165) is 25.9 Å². The maximum Gasteiger partial charge on any atom is 0.223 e. The fourth-order valence-corrected chi connectivity index (χ4v) is 1.82. The first kappa shape index (κ1) is 11.5. The smallest absolute Gasteiger partial charge is 0.223 e. The van der Waals surface area contributed by atoms with Gasteiger partial charge in [0.05, 0.1) is 0 Å². The Bertz CT molecular complexity index is 192. The van der Waals surface area contributed by atoms with Gasteiger partial charge in [0.15, 0.2) is 0 Å². The van der Waals surface area contributed by atoms with Crippen LogP contribution in [-0.2, 0) is 4.79 Å². The minimum atomic E-state index is 0.227. The summed E-state index contributed by atoms with van der Waals surface area (Å²) in [5.74, 6) is 1.01. The number of rotatable bonds is 3. The van der Waals surface area contributed by atoms with Crippen molar-refractivity contribution in [3.05, 3.63) is 0 Å². The molecule has 3 nitrogen and oxygen atoms in total. The monoisotopic (exact) mass is 198 g/mol. The maximum absolute atomic E-state index is 11.7. The molecule has 0 saturated carbocycles. The second kappa shape index (κ2) is 5.35. The lowest BCUT2D eigenvalue weighted by Crippen LogP contribution is -2.43. The molecule has 0 spiro atoms. The third kappa shape index (κ3) is 3.66. The van der Waals surface area contributed by atoms with E-state index in [4.69, 9.17) is 0 Å². The highest BCUT2D eigenvalue weighted by Crippen LogP contribution is 2.15. The Morgan fingerprint density at radius 2 is 2.29 bits per heavy atom. The van der Waals surface area contributed by atoms with Gasteiger partial charge in [-0.3, -0.25) is 4.79 Å². The van der Waals surface area contributed by atoms with Gasteiger partial charge in [-0.05, 0) is 32.2 Å². The lowest BCUT2D eigenvalue weighted by atomic mass is 9.92. The minimum Gasteiger partial charge on any atom is -0.356 e. The predicted octanol–water partition coefficient (Wildman–Crippen LogP) is 1.15. The number of hydrogen-bond donors (Lipinski definition) is 2. The highest BCUT2D eigenvalue weighted by Gasteiger charge is 2.24. The summed E-state index contributed by atoms with van der Waals surface area (Å²) >= 11 is 0. The molecule has 0 bridgehead atoms. The van der Waals surface area contributed by atoms with Crippen molar-refractivity contribution in [1.82, 2.24) is 10.6 Å². The van der Waals surface area contributed by atoms with Crippen LogP contribution < -0.4 is 10.6 Å². The Hall–Kier alpha value is -0.570. The van der Waals surface area contributed by atoms with Crippen LogP contribution >= 0.6 is 0 Å². The quantitative estimate of drug-likeness (QED) is 0.714. The Labute approximate surface area is 86.6 Å². The topological polar surface area (TPSA) is 41.1 Å². The fourth-order valence-electron chi connectivity index (χ4n) is 1.82. The first-order valence-electron chi connectivity index (χ1n) is 5.60. The van der Waals surface area contributed by atoms with Gasteiger partial charge in [-0.1, -0.05) is 13.8 Å². The van der Waals surface area contributed by atoms with Gasteiger partial charge < -0.3 is 10.6 Å². The number of carbonyl (C=O) groups excluding carboxylic acids is 1. The Morgan fingerprint density at radius 1 is 1.57 bits per heavy atom. The van der Waals surface area contributed by atoms with E-state index in [9.17, 15) is 4.79 Å². The van der Waals surface area contributed by atoms with Crippen molar-refractivity contribution in [2.24, 2.45) is 11.8 Å². The molecule has 82 valence electrons. The molecule has 2 atom stereocenters. The van der Waals surface area contributed by atoms with Crippen molar-refractivity contribution in [1.29, 1.82) is 0 Å². The van der Waals surface area contributed by atoms with E-state index in [1.165, 1.54) is 0 Å². The normalized spacial score (nSPS) is 27.7. The number of nitrogens with one attached hydrogen (secondary N) is 2. The zero-order valence-electron chi connectivity index (χ0n) is 9.47.